The molecule has 1 spiro atoms. The third kappa shape index (κ3) is 5.86. The minimum Gasteiger partial charge on any atom is -0.456 e. The van der Waals surface area contributed by atoms with Gasteiger partial charge < -0.3 is 44.5 Å². The molecule has 0 aromatic heterocycles. The number of ether oxygens (including phenoxy) is 4. The van der Waals surface area contributed by atoms with E-state index < -0.39 is 84.1 Å². The van der Waals surface area contributed by atoms with Gasteiger partial charge in [0.2, 0.25) is 0 Å². The maximum atomic E-state index is 13.5. The van der Waals surface area contributed by atoms with E-state index in [0.29, 0.717) is 60.0 Å². The van der Waals surface area contributed by atoms with Gasteiger partial charge in [0.15, 0.2) is 29.6 Å². The summed E-state index contributed by atoms with van der Waals surface area (Å²) in [7, 11) is 0. The zero-order valence-electron chi connectivity index (χ0n) is 28.0. The van der Waals surface area contributed by atoms with Crippen molar-refractivity contribution in [3.8, 4) is 0 Å². The summed E-state index contributed by atoms with van der Waals surface area (Å²) in [6, 6.07) is 0. The molecule has 0 radical (unpaired) electrons. The molecule has 1 saturated carbocycles. The van der Waals surface area contributed by atoms with Crippen LogP contribution in [0.25, 0.3) is 0 Å². The largest absolute Gasteiger partial charge is 0.456 e. The van der Waals surface area contributed by atoms with Gasteiger partial charge in [0.05, 0.1) is 30.7 Å². The fourth-order valence-electron chi connectivity index (χ4n) is 8.92. The number of allylic oxidation sites excluding steroid dienone is 2. The summed E-state index contributed by atoms with van der Waals surface area (Å²) >= 11 is 0. The Labute approximate surface area is 284 Å². The van der Waals surface area contributed by atoms with Gasteiger partial charge in [-0.1, -0.05) is 13.5 Å². The molecule has 2 heterocycles. The van der Waals surface area contributed by atoms with E-state index in [1.807, 2.05) is 0 Å². The fraction of sp³-hybridized carbons (Fsp3) is 0.667. The molecule has 6 rings (SSSR count). The van der Waals surface area contributed by atoms with Crippen molar-refractivity contribution in [3.63, 3.8) is 0 Å². The highest BCUT2D eigenvalue weighted by atomic mass is 16.7. The highest BCUT2D eigenvalue weighted by Gasteiger charge is 2.56. The van der Waals surface area contributed by atoms with E-state index in [9.17, 15) is 44.7 Å². The molecule has 268 valence electrons. The number of carbonyl (C=O) groups excluding carboxylic acids is 4. The van der Waals surface area contributed by atoms with Gasteiger partial charge in [-0.15, -0.1) is 0 Å². The monoisotopic (exact) mass is 686 g/mol. The van der Waals surface area contributed by atoms with Gasteiger partial charge >= 0.3 is 11.9 Å². The number of fused-ring (bicyclic) bond motifs is 2. The van der Waals surface area contributed by atoms with Crippen LogP contribution in [0.2, 0.25) is 0 Å². The summed E-state index contributed by atoms with van der Waals surface area (Å²) in [6.07, 6.45) is -2.57. The average molecular weight is 687 g/mol. The molecule has 13 nitrogen and oxygen atoms in total. The number of ketones is 2. The first-order valence-electron chi connectivity index (χ1n) is 17.0. The zero-order valence-corrected chi connectivity index (χ0v) is 28.0. The lowest BCUT2D eigenvalue weighted by molar-refractivity contribution is -0.302. The summed E-state index contributed by atoms with van der Waals surface area (Å²) in [5.41, 5.74) is -0.430. The van der Waals surface area contributed by atoms with Crippen LogP contribution < -0.4 is 0 Å². The smallest absolute Gasteiger partial charge is 0.334 e. The highest BCUT2D eigenvalue weighted by Crippen LogP contribution is 2.52. The summed E-state index contributed by atoms with van der Waals surface area (Å²) in [5.74, 6) is -4.58. The molecule has 0 aromatic carbocycles. The second-order valence-electron chi connectivity index (χ2n) is 14.7. The van der Waals surface area contributed by atoms with E-state index in [1.54, 1.807) is 20.8 Å². The quantitative estimate of drug-likeness (QED) is 0.177. The Bertz CT molecular complexity index is 1520. The van der Waals surface area contributed by atoms with Crippen molar-refractivity contribution in [2.75, 3.05) is 19.8 Å². The normalized spacial score (nSPS) is 41.3. The van der Waals surface area contributed by atoms with Gasteiger partial charge in [-0.3, -0.25) is 14.4 Å². The van der Waals surface area contributed by atoms with Crippen LogP contribution in [0.5, 0.6) is 0 Å². The van der Waals surface area contributed by atoms with Crippen LogP contribution in [0.1, 0.15) is 59.3 Å². The number of aliphatic hydroxyl groups excluding tert-OH is 4. The molecule has 4 aliphatic carbocycles. The summed E-state index contributed by atoms with van der Waals surface area (Å²) < 4.78 is 23.2. The predicted octanol–water partition coefficient (Wildman–Crippen LogP) is 0.752. The number of esters is 2. The molecule has 6 aliphatic rings. The van der Waals surface area contributed by atoms with Crippen molar-refractivity contribution >= 4 is 23.5 Å². The van der Waals surface area contributed by atoms with E-state index in [-0.39, 0.29) is 37.1 Å². The van der Waals surface area contributed by atoms with Crippen molar-refractivity contribution in [1.29, 1.82) is 0 Å². The lowest BCUT2D eigenvalue weighted by Crippen LogP contribution is -2.60. The maximum Gasteiger partial charge on any atom is 0.334 e. The number of hydrogen-bond donors (Lipinski definition) is 5. The first-order chi connectivity index (χ1) is 23.2. The molecular weight excluding hydrogens is 640 g/mol. The molecule has 2 saturated heterocycles. The van der Waals surface area contributed by atoms with Crippen molar-refractivity contribution in [1.82, 2.24) is 0 Å². The van der Waals surface area contributed by atoms with Gasteiger partial charge in [-0.25, -0.2) is 4.79 Å². The molecule has 5 unspecified atom stereocenters. The van der Waals surface area contributed by atoms with E-state index in [4.69, 9.17) is 18.9 Å². The van der Waals surface area contributed by atoms with Crippen LogP contribution in [0, 0.1) is 29.6 Å². The van der Waals surface area contributed by atoms with Crippen molar-refractivity contribution in [2.24, 2.45) is 29.6 Å². The Morgan fingerprint density at radius 3 is 2.47 bits per heavy atom. The van der Waals surface area contributed by atoms with Crippen LogP contribution in [0.3, 0.4) is 0 Å². The summed E-state index contributed by atoms with van der Waals surface area (Å²) in [6.45, 7) is 7.71. The zero-order chi connectivity index (χ0) is 35.6. The minimum absolute atomic E-state index is 0.0922. The Hall–Kier alpha value is -3.04. The number of hydrogen-bond acceptors (Lipinski definition) is 13. The molecule has 12 atom stereocenters. The van der Waals surface area contributed by atoms with Crippen LogP contribution >= 0.6 is 0 Å². The molecule has 2 bridgehead atoms. The third-order valence-corrected chi connectivity index (χ3v) is 12.0. The molecule has 0 aromatic rings. The van der Waals surface area contributed by atoms with Gasteiger partial charge in [-0.05, 0) is 92.6 Å². The van der Waals surface area contributed by atoms with Crippen molar-refractivity contribution < 1.29 is 63.7 Å². The number of carbonyl (C=O) groups is 4. The van der Waals surface area contributed by atoms with Crippen LogP contribution in [-0.4, -0.2) is 111 Å². The highest BCUT2D eigenvalue weighted by molar-refractivity contribution is 6.11. The first kappa shape index (κ1) is 35.8. The van der Waals surface area contributed by atoms with E-state index in [1.165, 1.54) is 12.2 Å². The predicted molar refractivity (Wildman–Crippen MR) is 169 cm³/mol. The molecule has 2 aliphatic heterocycles. The third-order valence-electron chi connectivity index (χ3n) is 12.0. The van der Waals surface area contributed by atoms with Gasteiger partial charge in [0.25, 0.3) is 0 Å². The van der Waals surface area contributed by atoms with E-state index in [0.717, 1.165) is 0 Å². The molecule has 49 heavy (non-hydrogen) atoms. The van der Waals surface area contributed by atoms with Gasteiger partial charge in [0.1, 0.15) is 18.3 Å². The van der Waals surface area contributed by atoms with E-state index >= 15 is 0 Å². The number of aliphatic hydroxyl groups is 5. The first-order valence-corrected chi connectivity index (χ1v) is 17.0. The van der Waals surface area contributed by atoms with Gasteiger partial charge in [0, 0.05) is 24.2 Å². The topological polar surface area (TPSA) is 206 Å². The Kier molecular flexibility index (Phi) is 9.68. The maximum absolute atomic E-state index is 13.5. The van der Waals surface area contributed by atoms with Gasteiger partial charge in [-0.2, -0.15) is 0 Å². The Balaban J connectivity index is 1.14. The summed E-state index contributed by atoms with van der Waals surface area (Å²) in [4.78, 5) is 52.0. The SMILES string of the molecule is C=C1C(=O)OC23CC1CCC(CO[C@@H]1O[C@H](CO)[C@@H](OC(=O)C(C)[C@@H]4CCC(CO)C5C(=O)C=C(C)[C@@]5(O)C4)[C@H](O)[C@H]1O)=C2C(=O)C=C3C. The summed E-state index contributed by atoms with van der Waals surface area (Å²) in [5, 5.41) is 53.9. The van der Waals surface area contributed by atoms with Crippen LogP contribution in [-0.2, 0) is 38.1 Å². The fourth-order valence-corrected chi connectivity index (χ4v) is 8.92. The van der Waals surface area contributed by atoms with Crippen LogP contribution in [0.15, 0.2) is 46.6 Å². The second-order valence-corrected chi connectivity index (χ2v) is 14.7. The second kappa shape index (κ2) is 13.3. The molecule has 3 fully saturated rings. The van der Waals surface area contributed by atoms with Crippen molar-refractivity contribution in [3.05, 3.63) is 46.6 Å². The lowest BCUT2D eigenvalue weighted by atomic mass is 9.74. The molecule has 0 amide bonds. The average Bonchev–Trinajstić information content (AvgIpc) is 3.27. The van der Waals surface area contributed by atoms with E-state index in [2.05, 4.69) is 6.58 Å². The molecule has 5 N–H and O–H groups in total. The molecule has 13 heteroatoms. The molecular formula is C36H46O13. The Morgan fingerprint density at radius 2 is 1.78 bits per heavy atom. The number of rotatable bonds is 8. The van der Waals surface area contributed by atoms with Crippen LogP contribution in [0.4, 0.5) is 0 Å². The lowest BCUT2D eigenvalue weighted by Gasteiger charge is -2.42. The standard InChI is InChI=1S/C36H46O13/c1-16-9-24(39)27-22(13-37)7-5-20(11-35(16,27)45)18(3)32(43)48-31-26(14-38)47-34(30(42)29(31)41)46-15-23-8-6-21-12-36(49-33(44)19(21)4)17(2)10-25(40)28(23)36/h9-10,18,20-22,26-27,29-31,34,37-38,41-42,45H,4-8,11-15H2,1-3H3/t18?,20-,21?,22?,26-,27?,29-,30-,31-,34-,35+,36?/m1/s1. The minimum atomic E-state index is -1.72. The Morgan fingerprint density at radius 1 is 1.04 bits per heavy atom. The van der Waals surface area contributed by atoms with Crippen molar-refractivity contribution in [2.45, 2.75) is 101 Å².